The van der Waals surface area contributed by atoms with E-state index in [2.05, 4.69) is 0 Å². The van der Waals surface area contributed by atoms with E-state index in [4.69, 9.17) is 5.11 Å². The molecule has 1 fully saturated rings. The van der Waals surface area contributed by atoms with Gasteiger partial charge < -0.3 is 10.0 Å². The van der Waals surface area contributed by atoms with E-state index in [1.54, 1.807) is 19.0 Å². The average Bonchev–Trinajstić information content (AvgIpc) is 2.17. The van der Waals surface area contributed by atoms with Crippen LogP contribution in [0.2, 0.25) is 0 Å². The molecule has 0 aromatic heterocycles. The van der Waals surface area contributed by atoms with Crippen LogP contribution in [0.15, 0.2) is 0 Å². The van der Waals surface area contributed by atoms with Crippen molar-refractivity contribution in [3.05, 3.63) is 0 Å². The van der Waals surface area contributed by atoms with Crippen LogP contribution in [-0.2, 0) is 9.59 Å². The fraction of sp³-hybridized carbons (Fsp3) is 0.818. The Hall–Kier alpha value is -1.06. The van der Waals surface area contributed by atoms with E-state index in [1.165, 1.54) is 0 Å². The number of amides is 1. The minimum absolute atomic E-state index is 0.116. The summed E-state index contributed by atoms with van der Waals surface area (Å²) < 4.78 is 0. The molecule has 0 saturated heterocycles. The number of rotatable bonds is 3. The van der Waals surface area contributed by atoms with Crippen LogP contribution in [0.5, 0.6) is 0 Å². The first kappa shape index (κ1) is 12.0. The SMILES string of the molecule is CN(C)C(=O)C1CCC(CC(=O)O)CC1. The summed E-state index contributed by atoms with van der Waals surface area (Å²) in [6.45, 7) is 0. The normalized spacial score (nSPS) is 26.0. The molecule has 0 bridgehead atoms. The van der Waals surface area contributed by atoms with E-state index in [9.17, 15) is 9.59 Å². The maximum absolute atomic E-state index is 11.6. The minimum Gasteiger partial charge on any atom is -0.481 e. The van der Waals surface area contributed by atoms with Crippen molar-refractivity contribution in [3.8, 4) is 0 Å². The molecular weight excluding hydrogens is 194 g/mol. The molecule has 1 saturated carbocycles. The largest absolute Gasteiger partial charge is 0.481 e. The van der Waals surface area contributed by atoms with Crippen molar-refractivity contribution in [2.75, 3.05) is 14.1 Å². The van der Waals surface area contributed by atoms with Crippen LogP contribution in [0, 0.1) is 11.8 Å². The topological polar surface area (TPSA) is 57.6 Å². The van der Waals surface area contributed by atoms with Crippen molar-refractivity contribution < 1.29 is 14.7 Å². The lowest BCUT2D eigenvalue weighted by Gasteiger charge is -2.28. The Morgan fingerprint density at radius 2 is 1.73 bits per heavy atom. The fourth-order valence-electron chi connectivity index (χ4n) is 2.23. The summed E-state index contributed by atoms with van der Waals surface area (Å²) >= 11 is 0. The van der Waals surface area contributed by atoms with Gasteiger partial charge in [0.25, 0.3) is 0 Å². The molecule has 0 aromatic rings. The number of aliphatic carboxylic acids is 1. The second kappa shape index (κ2) is 5.14. The first-order valence-corrected chi connectivity index (χ1v) is 5.43. The van der Waals surface area contributed by atoms with Gasteiger partial charge in [-0.3, -0.25) is 9.59 Å². The molecule has 0 radical (unpaired) electrons. The van der Waals surface area contributed by atoms with Crippen LogP contribution in [0.25, 0.3) is 0 Å². The Kier molecular flexibility index (Phi) is 4.12. The number of nitrogens with zero attached hydrogens (tertiary/aromatic N) is 1. The van der Waals surface area contributed by atoms with Gasteiger partial charge in [0.2, 0.25) is 5.91 Å². The molecule has 1 aliphatic rings. The highest BCUT2D eigenvalue weighted by Crippen LogP contribution is 2.31. The van der Waals surface area contributed by atoms with Gasteiger partial charge in [-0.2, -0.15) is 0 Å². The lowest BCUT2D eigenvalue weighted by Crippen LogP contribution is -2.32. The molecule has 0 aromatic carbocycles. The van der Waals surface area contributed by atoms with E-state index >= 15 is 0 Å². The van der Waals surface area contributed by atoms with Crippen LogP contribution in [0.4, 0.5) is 0 Å². The lowest BCUT2D eigenvalue weighted by atomic mass is 9.80. The second-order valence-corrected chi connectivity index (χ2v) is 4.55. The van der Waals surface area contributed by atoms with Crippen LogP contribution in [-0.4, -0.2) is 36.0 Å². The Morgan fingerprint density at radius 3 is 2.13 bits per heavy atom. The van der Waals surface area contributed by atoms with Gasteiger partial charge >= 0.3 is 5.97 Å². The Morgan fingerprint density at radius 1 is 1.20 bits per heavy atom. The highest BCUT2D eigenvalue weighted by atomic mass is 16.4. The van der Waals surface area contributed by atoms with Gasteiger partial charge in [0, 0.05) is 26.4 Å². The molecule has 1 aliphatic carbocycles. The van der Waals surface area contributed by atoms with Gasteiger partial charge in [-0.15, -0.1) is 0 Å². The number of hydrogen-bond acceptors (Lipinski definition) is 2. The highest BCUT2D eigenvalue weighted by molar-refractivity contribution is 5.78. The first-order chi connectivity index (χ1) is 7.00. The predicted octanol–water partition coefficient (Wildman–Crippen LogP) is 1.36. The molecule has 86 valence electrons. The van der Waals surface area contributed by atoms with Gasteiger partial charge in [0.15, 0.2) is 0 Å². The maximum Gasteiger partial charge on any atom is 0.303 e. The fourth-order valence-corrected chi connectivity index (χ4v) is 2.23. The van der Waals surface area contributed by atoms with E-state index in [0.29, 0.717) is 0 Å². The van der Waals surface area contributed by atoms with Crippen molar-refractivity contribution in [1.82, 2.24) is 4.90 Å². The quantitative estimate of drug-likeness (QED) is 0.770. The Bertz CT molecular complexity index is 242. The summed E-state index contributed by atoms with van der Waals surface area (Å²) in [4.78, 5) is 23.8. The van der Waals surface area contributed by atoms with Crippen molar-refractivity contribution in [3.63, 3.8) is 0 Å². The Labute approximate surface area is 90.3 Å². The molecule has 4 heteroatoms. The van der Waals surface area contributed by atoms with Crippen molar-refractivity contribution in [2.24, 2.45) is 11.8 Å². The standard InChI is InChI=1S/C11H19NO3/c1-12(2)11(15)9-5-3-8(4-6-9)7-10(13)14/h8-9H,3-7H2,1-2H3,(H,13,14). The van der Waals surface area contributed by atoms with Crippen LogP contribution in [0.1, 0.15) is 32.1 Å². The van der Waals surface area contributed by atoms with Crippen molar-refractivity contribution >= 4 is 11.9 Å². The van der Waals surface area contributed by atoms with E-state index in [0.717, 1.165) is 25.7 Å². The monoisotopic (exact) mass is 213 g/mol. The van der Waals surface area contributed by atoms with Gasteiger partial charge in [0.1, 0.15) is 0 Å². The zero-order valence-corrected chi connectivity index (χ0v) is 9.40. The van der Waals surface area contributed by atoms with Crippen LogP contribution in [0.3, 0.4) is 0 Å². The average molecular weight is 213 g/mol. The molecular formula is C11H19NO3. The molecule has 1 rings (SSSR count). The molecule has 0 aliphatic heterocycles. The molecule has 15 heavy (non-hydrogen) atoms. The third-order valence-electron chi connectivity index (χ3n) is 3.10. The van der Waals surface area contributed by atoms with E-state index < -0.39 is 5.97 Å². The summed E-state index contributed by atoms with van der Waals surface area (Å²) in [6, 6.07) is 0. The van der Waals surface area contributed by atoms with Gasteiger partial charge in [0.05, 0.1) is 0 Å². The lowest BCUT2D eigenvalue weighted by molar-refractivity contribution is -0.138. The number of carboxylic acid groups (broad SMARTS) is 1. The summed E-state index contributed by atoms with van der Waals surface area (Å²) in [5, 5.41) is 8.65. The molecule has 0 unspecified atom stereocenters. The predicted molar refractivity (Wildman–Crippen MR) is 56.4 cm³/mol. The maximum atomic E-state index is 11.6. The molecule has 1 N–H and O–H groups in total. The zero-order chi connectivity index (χ0) is 11.4. The highest BCUT2D eigenvalue weighted by Gasteiger charge is 2.27. The first-order valence-electron chi connectivity index (χ1n) is 5.43. The van der Waals surface area contributed by atoms with Crippen molar-refractivity contribution in [2.45, 2.75) is 32.1 Å². The van der Waals surface area contributed by atoms with E-state index in [1.807, 2.05) is 0 Å². The van der Waals surface area contributed by atoms with E-state index in [-0.39, 0.29) is 24.2 Å². The summed E-state index contributed by atoms with van der Waals surface area (Å²) in [6.07, 6.45) is 3.68. The smallest absolute Gasteiger partial charge is 0.303 e. The molecule has 0 atom stereocenters. The van der Waals surface area contributed by atoms with Crippen LogP contribution < -0.4 is 0 Å². The van der Waals surface area contributed by atoms with Crippen molar-refractivity contribution in [1.29, 1.82) is 0 Å². The third kappa shape index (κ3) is 3.53. The summed E-state index contributed by atoms with van der Waals surface area (Å²) in [5.41, 5.74) is 0. The van der Waals surface area contributed by atoms with Crippen LogP contribution >= 0.6 is 0 Å². The molecule has 4 nitrogen and oxygen atoms in total. The number of carboxylic acids is 1. The minimum atomic E-state index is -0.725. The molecule has 0 spiro atoms. The number of carbonyl (C=O) groups is 2. The summed E-state index contributed by atoms with van der Waals surface area (Å²) in [5.74, 6) is -0.153. The summed E-state index contributed by atoms with van der Waals surface area (Å²) in [7, 11) is 3.54. The Balaban J connectivity index is 2.35. The number of carbonyl (C=O) groups excluding carboxylic acids is 1. The van der Waals surface area contributed by atoms with Gasteiger partial charge in [-0.05, 0) is 31.6 Å². The molecule has 0 heterocycles. The van der Waals surface area contributed by atoms with Gasteiger partial charge in [-0.1, -0.05) is 0 Å². The number of hydrogen-bond donors (Lipinski definition) is 1. The zero-order valence-electron chi connectivity index (χ0n) is 9.40. The van der Waals surface area contributed by atoms with Gasteiger partial charge in [-0.25, -0.2) is 0 Å². The third-order valence-corrected chi connectivity index (χ3v) is 3.10. The molecule has 1 amide bonds. The second-order valence-electron chi connectivity index (χ2n) is 4.55.